The maximum absolute atomic E-state index is 12.9. The number of benzene rings is 2. The van der Waals surface area contributed by atoms with Crippen LogP contribution < -0.4 is 15.4 Å². The fourth-order valence-electron chi connectivity index (χ4n) is 3.00. The normalized spacial score (nSPS) is 13.6. The van der Waals surface area contributed by atoms with Gasteiger partial charge in [-0.2, -0.15) is 0 Å². The van der Waals surface area contributed by atoms with Crippen LogP contribution in [0, 0.1) is 5.82 Å². The van der Waals surface area contributed by atoms with Crippen LogP contribution in [-0.4, -0.2) is 44.0 Å². The summed E-state index contributed by atoms with van der Waals surface area (Å²) in [6.45, 7) is 0.966. The quantitative estimate of drug-likeness (QED) is 0.790. The van der Waals surface area contributed by atoms with Gasteiger partial charge in [-0.1, -0.05) is 12.1 Å². The minimum absolute atomic E-state index is 0.0847. The summed E-state index contributed by atoms with van der Waals surface area (Å²) < 4.78 is 18.4. The van der Waals surface area contributed by atoms with Crippen molar-refractivity contribution in [3.63, 3.8) is 0 Å². The molecule has 0 aromatic heterocycles. The molecule has 2 N–H and O–H groups in total. The third-order valence-electron chi connectivity index (χ3n) is 4.49. The monoisotopic (exact) mass is 371 g/mol. The highest BCUT2D eigenvalue weighted by atomic mass is 19.1. The molecule has 1 aliphatic rings. The van der Waals surface area contributed by atoms with Gasteiger partial charge in [-0.25, -0.2) is 4.39 Å². The predicted molar refractivity (Wildman–Crippen MR) is 100 cm³/mol. The summed E-state index contributed by atoms with van der Waals surface area (Å²) in [5.74, 6) is -1.04. The van der Waals surface area contributed by atoms with Crippen molar-refractivity contribution in [1.82, 2.24) is 10.2 Å². The minimum atomic E-state index is -0.790. The Bertz CT molecular complexity index is 837. The number of anilines is 1. The number of likely N-dealkylation sites (N-methyl/N-ethyl adjacent to an activating group) is 1. The van der Waals surface area contributed by atoms with Crippen LogP contribution in [0.5, 0.6) is 5.75 Å². The van der Waals surface area contributed by atoms with Crippen LogP contribution >= 0.6 is 0 Å². The molecular weight excluding hydrogens is 349 g/mol. The number of carbonyl (C=O) groups excluding carboxylic acids is 2. The number of rotatable bonds is 5. The highest BCUT2D eigenvalue weighted by Gasteiger charge is 2.21. The van der Waals surface area contributed by atoms with Gasteiger partial charge in [0.1, 0.15) is 11.6 Å². The lowest BCUT2D eigenvalue weighted by Gasteiger charge is -2.25. The molecule has 0 bridgehead atoms. The number of amides is 2. The van der Waals surface area contributed by atoms with E-state index in [2.05, 4.69) is 16.7 Å². The smallest absolute Gasteiger partial charge is 0.313 e. The van der Waals surface area contributed by atoms with Crippen LogP contribution in [0.1, 0.15) is 17.2 Å². The van der Waals surface area contributed by atoms with Gasteiger partial charge in [-0.05, 0) is 55.6 Å². The van der Waals surface area contributed by atoms with Crippen molar-refractivity contribution in [2.24, 2.45) is 0 Å². The molecule has 2 aromatic carbocycles. The van der Waals surface area contributed by atoms with Crippen LogP contribution in [0.25, 0.3) is 0 Å². The van der Waals surface area contributed by atoms with Crippen molar-refractivity contribution < 1.29 is 18.7 Å². The highest BCUT2D eigenvalue weighted by Crippen LogP contribution is 2.29. The Morgan fingerprint density at radius 1 is 1.15 bits per heavy atom. The lowest BCUT2D eigenvalue weighted by atomic mass is 10.0. The Balaban J connectivity index is 1.61. The molecule has 0 saturated carbocycles. The van der Waals surface area contributed by atoms with Crippen molar-refractivity contribution in [2.75, 3.05) is 32.6 Å². The number of ether oxygens (including phenoxy) is 1. The number of hydrogen-bond acceptors (Lipinski definition) is 4. The number of fused-ring (bicyclic) bond motifs is 1. The third kappa shape index (κ3) is 4.62. The Hall–Kier alpha value is -2.93. The largest absolute Gasteiger partial charge is 0.493 e. The molecule has 2 aromatic rings. The third-order valence-corrected chi connectivity index (χ3v) is 4.49. The Morgan fingerprint density at radius 3 is 2.59 bits per heavy atom. The van der Waals surface area contributed by atoms with Crippen LogP contribution in [0.15, 0.2) is 42.5 Å². The van der Waals surface area contributed by atoms with Gasteiger partial charge in [0.25, 0.3) is 0 Å². The van der Waals surface area contributed by atoms with E-state index < -0.39 is 17.6 Å². The summed E-state index contributed by atoms with van der Waals surface area (Å²) in [6, 6.07) is 11.1. The molecular formula is C20H22FN3O3. The maximum atomic E-state index is 12.9. The Morgan fingerprint density at radius 2 is 1.89 bits per heavy atom. The first-order valence-electron chi connectivity index (χ1n) is 8.71. The average molecular weight is 371 g/mol. The van der Waals surface area contributed by atoms with Gasteiger partial charge in [-0.3, -0.25) is 9.59 Å². The van der Waals surface area contributed by atoms with E-state index in [1.165, 1.54) is 24.3 Å². The summed E-state index contributed by atoms with van der Waals surface area (Å²) in [4.78, 5) is 26.1. The fraction of sp³-hybridized carbons (Fsp3) is 0.300. The highest BCUT2D eigenvalue weighted by molar-refractivity contribution is 6.39. The van der Waals surface area contributed by atoms with E-state index in [4.69, 9.17) is 4.74 Å². The van der Waals surface area contributed by atoms with Gasteiger partial charge >= 0.3 is 11.8 Å². The maximum Gasteiger partial charge on any atom is 0.313 e. The summed E-state index contributed by atoms with van der Waals surface area (Å²) in [5.41, 5.74) is 2.56. The molecule has 1 atom stereocenters. The second-order valence-electron chi connectivity index (χ2n) is 6.62. The van der Waals surface area contributed by atoms with Crippen LogP contribution in [-0.2, 0) is 16.0 Å². The zero-order valence-corrected chi connectivity index (χ0v) is 15.3. The van der Waals surface area contributed by atoms with Crippen molar-refractivity contribution in [1.29, 1.82) is 0 Å². The first kappa shape index (κ1) is 18.8. The molecule has 1 unspecified atom stereocenters. The molecule has 2 amide bonds. The zero-order chi connectivity index (χ0) is 19.4. The Kier molecular flexibility index (Phi) is 5.71. The molecule has 0 saturated heterocycles. The molecule has 6 nitrogen and oxygen atoms in total. The van der Waals surface area contributed by atoms with Gasteiger partial charge < -0.3 is 20.3 Å². The Labute approximate surface area is 157 Å². The number of nitrogens with zero attached hydrogens (tertiary/aromatic N) is 1. The van der Waals surface area contributed by atoms with E-state index in [9.17, 15) is 14.0 Å². The van der Waals surface area contributed by atoms with E-state index in [-0.39, 0.29) is 12.6 Å². The lowest BCUT2D eigenvalue weighted by molar-refractivity contribution is -0.136. The molecule has 1 aliphatic heterocycles. The van der Waals surface area contributed by atoms with E-state index >= 15 is 0 Å². The summed E-state index contributed by atoms with van der Waals surface area (Å²) in [5, 5.41) is 5.11. The number of nitrogens with one attached hydrogen (secondary N) is 2. The van der Waals surface area contributed by atoms with Crippen LogP contribution in [0.4, 0.5) is 10.1 Å². The van der Waals surface area contributed by atoms with E-state index in [0.29, 0.717) is 12.3 Å². The summed E-state index contributed by atoms with van der Waals surface area (Å²) >= 11 is 0. The molecule has 0 radical (unpaired) electrons. The summed E-state index contributed by atoms with van der Waals surface area (Å²) in [6.07, 6.45) is 0.871. The molecule has 1 heterocycles. The number of carbonyl (C=O) groups is 2. The standard InChI is InChI=1S/C20H22FN3O3/c1-24(2)17(13-3-8-18-14(11-13)9-10-27-18)12-22-19(25)20(26)23-16-6-4-15(21)5-7-16/h3-8,11,17H,9-10,12H2,1-2H3,(H,22,25)(H,23,26). The molecule has 3 rings (SSSR count). The van der Waals surface area contributed by atoms with E-state index in [1.54, 1.807) is 0 Å². The summed E-state index contributed by atoms with van der Waals surface area (Å²) in [7, 11) is 3.83. The van der Waals surface area contributed by atoms with Crippen LogP contribution in [0.3, 0.4) is 0 Å². The van der Waals surface area contributed by atoms with Gasteiger partial charge in [0.2, 0.25) is 0 Å². The van der Waals surface area contributed by atoms with E-state index in [1.807, 2.05) is 31.1 Å². The van der Waals surface area contributed by atoms with Crippen molar-refractivity contribution in [2.45, 2.75) is 12.5 Å². The lowest BCUT2D eigenvalue weighted by Crippen LogP contribution is -2.40. The van der Waals surface area contributed by atoms with Crippen molar-refractivity contribution in [3.05, 3.63) is 59.4 Å². The fourth-order valence-corrected chi connectivity index (χ4v) is 3.00. The molecule has 27 heavy (non-hydrogen) atoms. The molecule has 142 valence electrons. The van der Waals surface area contributed by atoms with Gasteiger partial charge in [0.05, 0.1) is 12.6 Å². The molecule has 0 spiro atoms. The van der Waals surface area contributed by atoms with Gasteiger partial charge in [0, 0.05) is 18.7 Å². The minimum Gasteiger partial charge on any atom is -0.493 e. The first-order chi connectivity index (χ1) is 12.9. The zero-order valence-electron chi connectivity index (χ0n) is 15.3. The number of halogens is 1. The number of hydrogen-bond donors (Lipinski definition) is 2. The van der Waals surface area contributed by atoms with Crippen molar-refractivity contribution >= 4 is 17.5 Å². The van der Waals surface area contributed by atoms with E-state index in [0.717, 1.165) is 23.3 Å². The second kappa shape index (κ2) is 8.18. The average Bonchev–Trinajstić information content (AvgIpc) is 3.11. The molecule has 0 fully saturated rings. The SMILES string of the molecule is CN(C)C(CNC(=O)C(=O)Nc1ccc(F)cc1)c1ccc2c(c1)CCO2. The van der Waals surface area contributed by atoms with Crippen molar-refractivity contribution in [3.8, 4) is 5.75 Å². The topological polar surface area (TPSA) is 70.7 Å². The van der Waals surface area contributed by atoms with Gasteiger partial charge in [-0.15, -0.1) is 0 Å². The first-order valence-corrected chi connectivity index (χ1v) is 8.71. The molecule has 0 aliphatic carbocycles. The molecule has 7 heteroatoms. The second-order valence-corrected chi connectivity index (χ2v) is 6.62. The van der Waals surface area contributed by atoms with Gasteiger partial charge in [0.15, 0.2) is 0 Å². The van der Waals surface area contributed by atoms with Crippen LogP contribution in [0.2, 0.25) is 0 Å². The predicted octanol–water partition coefficient (Wildman–Crippen LogP) is 2.12.